The highest BCUT2D eigenvalue weighted by Crippen LogP contribution is 2.36. The molecule has 4 aromatic rings. The monoisotopic (exact) mass is 361 g/mol. The van der Waals surface area contributed by atoms with Crippen molar-refractivity contribution in [3.8, 4) is 27.8 Å². The van der Waals surface area contributed by atoms with Crippen LogP contribution in [-0.2, 0) is 0 Å². The number of nitrogens with zero attached hydrogens (tertiary/aromatic N) is 4. The van der Waals surface area contributed by atoms with Gasteiger partial charge in [-0.05, 0) is 25.1 Å². The highest BCUT2D eigenvalue weighted by atomic mass is 32.1. The highest BCUT2D eigenvalue weighted by Gasteiger charge is 2.25. The van der Waals surface area contributed by atoms with Crippen molar-refractivity contribution < 1.29 is 0 Å². The van der Waals surface area contributed by atoms with Crippen LogP contribution in [0.3, 0.4) is 0 Å². The number of aromatic nitrogens is 4. The Bertz CT molecular complexity index is 994. The molecular weight excluding hydrogens is 342 g/mol. The van der Waals surface area contributed by atoms with E-state index in [9.17, 15) is 0 Å². The lowest BCUT2D eigenvalue weighted by Gasteiger charge is -2.17. The number of hydrogen-bond acceptors (Lipinski definition) is 4. The molecule has 0 bridgehead atoms. The van der Waals surface area contributed by atoms with Gasteiger partial charge in [0.15, 0.2) is 5.13 Å². The van der Waals surface area contributed by atoms with Gasteiger partial charge in [0, 0.05) is 35.9 Å². The highest BCUT2D eigenvalue weighted by molar-refractivity contribution is 7.12. The van der Waals surface area contributed by atoms with Crippen molar-refractivity contribution in [1.29, 1.82) is 0 Å². The lowest BCUT2D eigenvalue weighted by Crippen LogP contribution is -2.14. The summed E-state index contributed by atoms with van der Waals surface area (Å²) in [6.45, 7) is 2.03. The molecule has 0 radical (unpaired) electrons. The molecule has 1 aliphatic rings. The molecule has 5 rings (SSSR count). The quantitative estimate of drug-likeness (QED) is 0.598. The fourth-order valence-corrected chi connectivity index (χ4v) is 4.29. The van der Waals surface area contributed by atoms with Crippen LogP contribution in [0.2, 0.25) is 0 Å². The molecular formula is C20H19N5S. The Kier molecular flexibility index (Phi) is 3.92. The number of rotatable bonds is 4. The predicted octanol–water partition coefficient (Wildman–Crippen LogP) is 4.00. The molecule has 1 aromatic carbocycles. The number of nitrogens with one attached hydrogen (secondary N) is 1. The maximum atomic E-state index is 4.81. The van der Waals surface area contributed by atoms with E-state index < -0.39 is 0 Å². The summed E-state index contributed by atoms with van der Waals surface area (Å²) in [4.78, 5) is 9.31. The van der Waals surface area contributed by atoms with Gasteiger partial charge in [0.05, 0.1) is 23.4 Å². The first-order valence-electron chi connectivity index (χ1n) is 8.82. The minimum atomic E-state index is 0.426. The summed E-state index contributed by atoms with van der Waals surface area (Å²) < 4.78 is 4.49. The van der Waals surface area contributed by atoms with Crippen molar-refractivity contribution in [2.75, 3.05) is 13.1 Å². The summed E-state index contributed by atoms with van der Waals surface area (Å²) in [6.07, 6.45) is 7.04. The lowest BCUT2D eigenvalue weighted by molar-refractivity contribution is 0.550. The van der Waals surface area contributed by atoms with Crippen LogP contribution in [0, 0.1) is 0 Å². The Hall–Kier alpha value is -2.70. The molecule has 1 saturated heterocycles. The van der Waals surface area contributed by atoms with Gasteiger partial charge >= 0.3 is 0 Å². The van der Waals surface area contributed by atoms with E-state index in [0.717, 1.165) is 47.3 Å². The second kappa shape index (κ2) is 6.55. The van der Waals surface area contributed by atoms with E-state index in [1.54, 1.807) is 11.3 Å². The minimum absolute atomic E-state index is 0.426. The molecule has 130 valence electrons. The van der Waals surface area contributed by atoms with Crippen LogP contribution in [-0.4, -0.2) is 32.2 Å². The van der Waals surface area contributed by atoms with Crippen molar-refractivity contribution in [3.05, 3.63) is 66.6 Å². The first-order chi connectivity index (χ1) is 12.9. The van der Waals surface area contributed by atoms with Crippen molar-refractivity contribution in [2.24, 2.45) is 0 Å². The summed E-state index contributed by atoms with van der Waals surface area (Å²) in [6, 6.07) is 15.1. The van der Waals surface area contributed by atoms with Crippen molar-refractivity contribution in [1.82, 2.24) is 24.4 Å². The SMILES string of the molecule is c1ccc(-c2ncn(C3CCNC3)c2-c2cccn2-c2nccs2)cc1. The largest absolute Gasteiger partial charge is 0.324 e. The fraction of sp³-hybridized carbons (Fsp3) is 0.200. The van der Waals surface area contributed by atoms with Crippen molar-refractivity contribution in [2.45, 2.75) is 12.5 Å². The molecule has 1 atom stereocenters. The van der Waals surface area contributed by atoms with Gasteiger partial charge < -0.3 is 9.88 Å². The van der Waals surface area contributed by atoms with Gasteiger partial charge in [0.25, 0.3) is 0 Å². The van der Waals surface area contributed by atoms with Gasteiger partial charge in [0.2, 0.25) is 0 Å². The van der Waals surface area contributed by atoms with Crippen LogP contribution < -0.4 is 5.32 Å². The molecule has 1 fully saturated rings. The normalized spacial score (nSPS) is 17.0. The third-order valence-electron chi connectivity index (χ3n) is 4.89. The number of imidazole rings is 1. The summed E-state index contributed by atoms with van der Waals surface area (Å²) in [5.74, 6) is 0. The van der Waals surface area contributed by atoms with Crippen molar-refractivity contribution in [3.63, 3.8) is 0 Å². The molecule has 1 unspecified atom stereocenters. The first kappa shape index (κ1) is 15.5. The number of thiazole rings is 1. The van der Waals surface area contributed by atoms with Gasteiger partial charge in [-0.1, -0.05) is 30.3 Å². The molecule has 3 aromatic heterocycles. The van der Waals surface area contributed by atoms with E-state index in [1.807, 2.05) is 24.0 Å². The average molecular weight is 361 g/mol. The Morgan fingerprint density at radius 1 is 1.08 bits per heavy atom. The zero-order chi connectivity index (χ0) is 17.3. The number of benzene rings is 1. The first-order valence-corrected chi connectivity index (χ1v) is 9.70. The minimum Gasteiger partial charge on any atom is -0.324 e. The molecule has 6 heteroatoms. The standard InChI is InChI=1S/C20H19N5S/c1-2-5-15(6-3-1)18-19(25(14-23-18)16-8-9-21-13-16)17-7-4-11-24(17)20-22-10-12-26-20/h1-7,10-12,14,16,21H,8-9,13H2. The van der Waals surface area contributed by atoms with Crippen LogP contribution in [0.5, 0.6) is 0 Å². The van der Waals surface area contributed by atoms with E-state index in [-0.39, 0.29) is 0 Å². The summed E-state index contributed by atoms with van der Waals surface area (Å²) in [5, 5.41) is 6.45. The van der Waals surface area contributed by atoms with Gasteiger partial charge in [-0.3, -0.25) is 4.57 Å². The molecule has 4 heterocycles. The van der Waals surface area contributed by atoms with E-state index in [1.165, 1.54) is 0 Å². The van der Waals surface area contributed by atoms with E-state index in [0.29, 0.717) is 6.04 Å². The summed E-state index contributed by atoms with van der Waals surface area (Å²) in [5.41, 5.74) is 4.45. The van der Waals surface area contributed by atoms with Crippen LogP contribution in [0.15, 0.2) is 66.6 Å². The molecule has 0 saturated carbocycles. The van der Waals surface area contributed by atoms with Crippen LogP contribution >= 0.6 is 11.3 Å². The van der Waals surface area contributed by atoms with Gasteiger partial charge in [-0.25, -0.2) is 9.97 Å². The average Bonchev–Trinajstić information content (AvgIpc) is 3.48. The maximum absolute atomic E-state index is 4.81. The summed E-state index contributed by atoms with van der Waals surface area (Å²) in [7, 11) is 0. The molecule has 1 aliphatic heterocycles. The topological polar surface area (TPSA) is 47.7 Å². The molecule has 0 amide bonds. The molecule has 0 aliphatic carbocycles. The van der Waals surface area contributed by atoms with E-state index in [2.05, 4.69) is 62.0 Å². The van der Waals surface area contributed by atoms with Crippen LogP contribution in [0.4, 0.5) is 0 Å². The molecule has 0 spiro atoms. The molecule has 5 nitrogen and oxygen atoms in total. The maximum Gasteiger partial charge on any atom is 0.194 e. The fourth-order valence-electron chi connectivity index (χ4n) is 3.65. The second-order valence-electron chi connectivity index (χ2n) is 6.44. The Morgan fingerprint density at radius 3 is 2.77 bits per heavy atom. The van der Waals surface area contributed by atoms with Gasteiger partial charge in [-0.2, -0.15) is 0 Å². The molecule has 1 N–H and O–H groups in total. The third-order valence-corrected chi connectivity index (χ3v) is 5.66. The van der Waals surface area contributed by atoms with E-state index >= 15 is 0 Å². The predicted molar refractivity (Wildman–Crippen MR) is 105 cm³/mol. The van der Waals surface area contributed by atoms with Crippen molar-refractivity contribution >= 4 is 11.3 Å². The second-order valence-corrected chi connectivity index (χ2v) is 7.31. The van der Waals surface area contributed by atoms with Gasteiger partial charge in [0.1, 0.15) is 0 Å². The zero-order valence-corrected chi connectivity index (χ0v) is 15.1. The lowest BCUT2D eigenvalue weighted by atomic mass is 10.1. The molecule has 26 heavy (non-hydrogen) atoms. The van der Waals surface area contributed by atoms with E-state index in [4.69, 9.17) is 4.98 Å². The van der Waals surface area contributed by atoms with Crippen LogP contribution in [0.25, 0.3) is 27.8 Å². The number of hydrogen-bond donors (Lipinski definition) is 1. The van der Waals surface area contributed by atoms with Gasteiger partial charge in [-0.15, -0.1) is 11.3 Å². The third kappa shape index (κ3) is 2.58. The Balaban J connectivity index is 1.72. The van der Waals surface area contributed by atoms with Crippen LogP contribution in [0.1, 0.15) is 12.5 Å². The smallest absolute Gasteiger partial charge is 0.194 e. The zero-order valence-electron chi connectivity index (χ0n) is 14.2. The Morgan fingerprint density at radius 2 is 2.00 bits per heavy atom. The Labute approximate surface area is 156 Å². The summed E-state index contributed by atoms with van der Waals surface area (Å²) >= 11 is 1.64.